The van der Waals surface area contributed by atoms with Crippen molar-refractivity contribution >= 4 is 27.5 Å². The van der Waals surface area contributed by atoms with Crippen LogP contribution in [0.2, 0.25) is 0 Å². The summed E-state index contributed by atoms with van der Waals surface area (Å²) < 4.78 is 23.3. The summed E-state index contributed by atoms with van der Waals surface area (Å²) >= 11 is 1.51. The van der Waals surface area contributed by atoms with Gasteiger partial charge >= 0.3 is 0 Å². The summed E-state index contributed by atoms with van der Waals surface area (Å²) in [6, 6.07) is 13.1. The zero-order valence-electron chi connectivity index (χ0n) is 17.0. The number of carbonyl (C=O) groups is 1. The molecule has 30 heavy (non-hydrogen) atoms. The lowest BCUT2D eigenvalue weighted by Crippen LogP contribution is -2.43. The number of hydrogen-bond donors (Lipinski definition) is 0. The highest BCUT2D eigenvalue weighted by atomic mass is 32.1. The van der Waals surface area contributed by atoms with Crippen molar-refractivity contribution in [3.05, 3.63) is 42.5 Å². The molecule has 1 amide bonds. The summed E-state index contributed by atoms with van der Waals surface area (Å²) in [6.45, 7) is 1.26. The first-order chi connectivity index (χ1) is 14.7. The molecule has 0 bridgehead atoms. The first-order valence-electron chi connectivity index (χ1n) is 9.81. The Morgan fingerprint density at radius 3 is 2.60 bits per heavy atom. The minimum absolute atomic E-state index is 0.00833. The van der Waals surface area contributed by atoms with Crippen molar-refractivity contribution in [3.63, 3.8) is 0 Å². The third-order valence-corrected chi connectivity index (χ3v) is 5.97. The molecule has 158 valence electrons. The van der Waals surface area contributed by atoms with Crippen molar-refractivity contribution in [2.45, 2.75) is 18.9 Å². The summed E-state index contributed by atoms with van der Waals surface area (Å²) in [4.78, 5) is 18.9. The van der Waals surface area contributed by atoms with E-state index < -0.39 is 0 Å². The number of ether oxygens (including phenoxy) is 4. The molecule has 0 N–H and O–H groups in total. The van der Waals surface area contributed by atoms with E-state index in [0.717, 1.165) is 28.8 Å². The smallest absolute Gasteiger partial charge is 0.274 e. The predicted octanol–water partition coefficient (Wildman–Crippen LogP) is 3.76. The van der Waals surface area contributed by atoms with Gasteiger partial charge in [0.2, 0.25) is 0 Å². The molecule has 1 saturated heterocycles. The number of rotatable bonds is 7. The second-order valence-electron chi connectivity index (χ2n) is 6.95. The second kappa shape index (κ2) is 9.21. The normalized spacial score (nSPS) is 14.5. The van der Waals surface area contributed by atoms with Crippen LogP contribution < -0.4 is 18.9 Å². The molecule has 0 spiro atoms. The van der Waals surface area contributed by atoms with Crippen molar-refractivity contribution in [2.75, 3.05) is 33.9 Å². The maximum Gasteiger partial charge on any atom is 0.274 e. The molecule has 0 saturated carbocycles. The van der Waals surface area contributed by atoms with Crippen LogP contribution in [-0.4, -0.2) is 55.8 Å². The molecule has 2 heterocycles. The van der Waals surface area contributed by atoms with Crippen LogP contribution in [0.1, 0.15) is 12.8 Å². The van der Waals surface area contributed by atoms with Crippen LogP contribution >= 0.6 is 11.3 Å². The third-order valence-electron chi connectivity index (χ3n) is 5.06. The van der Waals surface area contributed by atoms with E-state index in [0.29, 0.717) is 29.8 Å². The Hall–Kier alpha value is -3.00. The van der Waals surface area contributed by atoms with Crippen LogP contribution in [0, 0.1) is 0 Å². The average Bonchev–Trinajstić information content (AvgIpc) is 3.19. The zero-order valence-corrected chi connectivity index (χ0v) is 17.8. The van der Waals surface area contributed by atoms with Gasteiger partial charge in [-0.1, -0.05) is 23.5 Å². The molecule has 1 aliphatic rings. The van der Waals surface area contributed by atoms with Gasteiger partial charge < -0.3 is 23.8 Å². The van der Waals surface area contributed by atoms with Crippen LogP contribution in [0.5, 0.6) is 22.4 Å². The Morgan fingerprint density at radius 1 is 1.10 bits per heavy atom. The number of para-hydroxylation sites is 2. The lowest BCUT2D eigenvalue weighted by molar-refractivity contribution is -0.135. The fraction of sp³-hybridized carbons (Fsp3) is 0.364. The molecular weight excluding hydrogens is 404 g/mol. The number of fused-ring (bicyclic) bond motifs is 1. The average molecular weight is 429 g/mol. The zero-order chi connectivity index (χ0) is 20.9. The summed E-state index contributed by atoms with van der Waals surface area (Å²) in [5.41, 5.74) is 0.900. The topological polar surface area (TPSA) is 70.1 Å². The van der Waals surface area contributed by atoms with E-state index >= 15 is 0 Å². The Kier molecular flexibility index (Phi) is 6.23. The van der Waals surface area contributed by atoms with Gasteiger partial charge in [0.15, 0.2) is 18.1 Å². The number of benzene rings is 2. The van der Waals surface area contributed by atoms with Gasteiger partial charge in [-0.2, -0.15) is 0 Å². The van der Waals surface area contributed by atoms with Crippen LogP contribution in [0.3, 0.4) is 0 Å². The van der Waals surface area contributed by atoms with Crippen molar-refractivity contribution < 1.29 is 23.7 Å². The number of aromatic nitrogens is 1. The molecule has 8 heteroatoms. The Bertz CT molecular complexity index is 1010. The van der Waals surface area contributed by atoms with Crippen molar-refractivity contribution in [1.82, 2.24) is 9.88 Å². The molecule has 0 atom stereocenters. The molecular formula is C22H24N2O5S. The van der Waals surface area contributed by atoms with E-state index in [9.17, 15) is 4.79 Å². The van der Waals surface area contributed by atoms with Gasteiger partial charge in [0.25, 0.3) is 11.1 Å². The van der Waals surface area contributed by atoms with E-state index in [4.69, 9.17) is 18.9 Å². The van der Waals surface area contributed by atoms with Gasteiger partial charge in [-0.25, -0.2) is 4.98 Å². The van der Waals surface area contributed by atoms with Crippen molar-refractivity contribution in [1.29, 1.82) is 0 Å². The Morgan fingerprint density at radius 2 is 1.87 bits per heavy atom. The highest BCUT2D eigenvalue weighted by molar-refractivity contribution is 7.20. The van der Waals surface area contributed by atoms with Crippen LogP contribution in [-0.2, 0) is 4.79 Å². The lowest BCUT2D eigenvalue weighted by Gasteiger charge is -2.31. The molecule has 7 nitrogen and oxygen atoms in total. The quantitative estimate of drug-likeness (QED) is 0.571. The molecule has 1 fully saturated rings. The first kappa shape index (κ1) is 20.3. The Labute approximate surface area is 179 Å². The molecule has 3 aromatic rings. The number of likely N-dealkylation sites (tertiary alicyclic amines) is 1. The molecule has 4 rings (SSSR count). The fourth-order valence-electron chi connectivity index (χ4n) is 3.40. The number of hydrogen-bond acceptors (Lipinski definition) is 7. The van der Waals surface area contributed by atoms with Crippen LogP contribution in [0.4, 0.5) is 0 Å². The van der Waals surface area contributed by atoms with Gasteiger partial charge in [-0.05, 0) is 30.3 Å². The van der Waals surface area contributed by atoms with Crippen LogP contribution in [0.25, 0.3) is 10.2 Å². The van der Waals surface area contributed by atoms with Crippen molar-refractivity contribution in [2.24, 2.45) is 0 Å². The van der Waals surface area contributed by atoms with Crippen LogP contribution in [0.15, 0.2) is 42.5 Å². The van der Waals surface area contributed by atoms with E-state index in [1.165, 1.54) is 11.3 Å². The summed E-state index contributed by atoms with van der Waals surface area (Å²) in [6.07, 6.45) is 1.57. The van der Waals surface area contributed by atoms with Gasteiger partial charge in [-0.3, -0.25) is 4.79 Å². The SMILES string of the molecule is COc1ccc2nc(OC3CCN(C(=O)COc4ccccc4OC)CC3)sc2c1. The molecule has 2 aromatic carbocycles. The highest BCUT2D eigenvalue weighted by Gasteiger charge is 2.25. The fourth-order valence-corrected chi connectivity index (χ4v) is 4.31. The predicted molar refractivity (Wildman–Crippen MR) is 115 cm³/mol. The summed E-state index contributed by atoms with van der Waals surface area (Å²) in [5.74, 6) is 1.95. The third kappa shape index (κ3) is 4.59. The largest absolute Gasteiger partial charge is 0.497 e. The summed E-state index contributed by atoms with van der Waals surface area (Å²) in [7, 11) is 3.23. The number of nitrogens with zero attached hydrogens (tertiary/aromatic N) is 2. The van der Waals surface area contributed by atoms with E-state index in [1.807, 2.05) is 35.2 Å². The van der Waals surface area contributed by atoms with Gasteiger partial charge in [0.1, 0.15) is 11.9 Å². The minimum Gasteiger partial charge on any atom is -0.497 e. The first-order valence-corrected chi connectivity index (χ1v) is 10.6. The number of thiazole rings is 1. The van der Waals surface area contributed by atoms with E-state index in [-0.39, 0.29) is 18.6 Å². The number of carbonyl (C=O) groups excluding carboxylic acids is 1. The number of methoxy groups -OCH3 is 2. The van der Waals surface area contributed by atoms with Gasteiger partial charge in [-0.15, -0.1) is 0 Å². The molecule has 1 aromatic heterocycles. The number of amides is 1. The lowest BCUT2D eigenvalue weighted by atomic mass is 10.1. The van der Waals surface area contributed by atoms with Gasteiger partial charge in [0, 0.05) is 25.9 Å². The molecule has 0 aliphatic carbocycles. The standard InChI is InChI=1S/C22H24N2O5S/c1-26-16-7-8-17-20(13-16)30-22(23-17)29-15-9-11-24(12-10-15)21(25)14-28-19-6-4-3-5-18(19)27-2/h3-8,13,15H,9-12,14H2,1-2H3. The van der Waals surface area contributed by atoms with Gasteiger partial charge in [0.05, 0.1) is 24.4 Å². The second-order valence-corrected chi connectivity index (χ2v) is 7.94. The van der Waals surface area contributed by atoms with E-state index in [2.05, 4.69) is 4.98 Å². The Balaban J connectivity index is 1.28. The monoisotopic (exact) mass is 428 g/mol. The van der Waals surface area contributed by atoms with Crippen molar-refractivity contribution in [3.8, 4) is 22.4 Å². The molecule has 1 aliphatic heterocycles. The molecule has 0 radical (unpaired) electrons. The summed E-state index contributed by atoms with van der Waals surface area (Å²) in [5, 5.41) is 0.655. The minimum atomic E-state index is -0.0357. The maximum absolute atomic E-state index is 12.5. The molecule has 0 unspecified atom stereocenters. The van der Waals surface area contributed by atoms with E-state index in [1.54, 1.807) is 26.4 Å². The number of piperidine rings is 1. The highest BCUT2D eigenvalue weighted by Crippen LogP contribution is 2.32. The maximum atomic E-state index is 12.5.